The minimum Gasteiger partial charge on any atom is -0.497 e. The van der Waals surface area contributed by atoms with Crippen LogP contribution in [0.1, 0.15) is 53.6 Å². The van der Waals surface area contributed by atoms with Crippen LogP contribution in [-0.2, 0) is 19.3 Å². The molecule has 0 saturated heterocycles. The van der Waals surface area contributed by atoms with Crippen LogP contribution in [0.5, 0.6) is 5.75 Å². The lowest BCUT2D eigenvalue weighted by Gasteiger charge is -2.23. The SMILES string of the molecule is COc1ccc(C(=O)N(CC(=O)c2cc(C(N)=O)c(C)n2Cc2ccccc2C(F)(F)F)Cc2ccccc2)cc1. The smallest absolute Gasteiger partial charge is 0.416 e. The molecule has 1 aromatic heterocycles. The zero-order chi connectivity index (χ0) is 29.7. The second-order valence-electron chi connectivity index (χ2n) is 9.43. The molecule has 0 aliphatic heterocycles. The zero-order valence-corrected chi connectivity index (χ0v) is 22.4. The van der Waals surface area contributed by atoms with E-state index >= 15 is 0 Å². The number of carbonyl (C=O) groups excluding carboxylic acids is 3. The van der Waals surface area contributed by atoms with Gasteiger partial charge < -0.3 is 19.9 Å². The number of aromatic nitrogens is 1. The molecule has 0 atom stereocenters. The number of hydrogen-bond acceptors (Lipinski definition) is 4. The third kappa shape index (κ3) is 6.66. The molecule has 7 nitrogen and oxygen atoms in total. The fraction of sp³-hybridized carbons (Fsp3) is 0.194. The number of hydrogen-bond donors (Lipinski definition) is 1. The molecule has 10 heteroatoms. The minimum absolute atomic E-state index is 0.00827. The van der Waals surface area contributed by atoms with E-state index in [0.29, 0.717) is 11.3 Å². The number of ketones is 1. The van der Waals surface area contributed by atoms with Crippen molar-refractivity contribution < 1.29 is 32.3 Å². The van der Waals surface area contributed by atoms with Crippen LogP contribution >= 0.6 is 0 Å². The molecule has 0 bridgehead atoms. The van der Waals surface area contributed by atoms with Crippen LogP contribution in [0, 0.1) is 6.92 Å². The van der Waals surface area contributed by atoms with Crippen molar-refractivity contribution in [2.45, 2.75) is 26.2 Å². The highest BCUT2D eigenvalue weighted by atomic mass is 19.4. The summed E-state index contributed by atoms with van der Waals surface area (Å²) >= 11 is 0. The van der Waals surface area contributed by atoms with Crippen molar-refractivity contribution in [1.29, 1.82) is 0 Å². The fourth-order valence-corrected chi connectivity index (χ4v) is 4.61. The summed E-state index contributed by atoms with van der Waals surface area (Å²) in [7, 11) is 1.50. The molecule has 4 aromatic rings. The van der Waals surface area contributed by atoms with Gasteiger partial charge in [0.2, 0.25) is 0 Å². The summed E-state index contributed by atoms with van der Waals surface area (Å²) in [5, 5.41) is 0. The predicted octanol–water partition coefficient (Wildman–Crippen LogP) is 5.50. The topological polar surface area (TPSA) is 94.6 Å². The number of carbonyl (C=O) groups is 3. The molecule has 0 aliphatic rings. The van der Waals surface area contributed by atoms with Crippen LogP contribution in [-0.4, -0.2) is 40.7 Å². The van der Waals surface area contributed by atoms with Crippen LogP contribution < -0.4 is 10.5 Å². The number of Topliss-reactive ketones (excluding diaryl/α,β-unsaturated/α-hetero) is 1. The van der Waals surface area contributed by atoms with Crippen molar-refractivity contribution in [3.63, 3.8) is 0 Å². The summed E-state index contributed by atoms with van der Waals surface area (Å²) in [6.45, 7) is 0.872. The molecular formula is C31H28F3N3O4. The van der Waals surface area contributed by atoms with Gasteiger partial charge in [-0.3, -0.25) is 14.4 Å². The molecular weight excluding hydrogens is 535 g/mol. The Morgan fingerprint density at radius 2 is 1.56 bits per heavy atom. The van der Waals surface area contributed by atoms with Crippen molar-refractivity contribution in [2.75, 3.05) is 13.7 Å². The van der Waals surface area contributed by atoms with Gasteiger partial charge in [0.25, 0.3) is 11.8 Å². The van der Waals surface area contributed by atoms with E-state index in [2.05, 4.69) is 0 Å². The lowest BCUT2D eigenvalue weighted by atomic mass is 10.1. The van der Waals surface area contributed by atoms with Crippen molar-refractivity contribution in [2.24, 2.45) is 5.73 Å². The quantitative estimate of drug-likeness (QED) is 0.258. The molecule has 212 valence electrons. The highest BCUT2D eigenvalue weighted by Gasteiger charge is 2.33. The van der Waals surface area contributed by atoms with Gasteiger partial charge in [-0.15, -0.1) is 0 Å². The fourth-order valence-electron chi connectivity index (χ4n) is 4.61. The number of methoxy groups -OCH3 is 1. The highest BCUT2D eigenvalue weighted by molar-refractivity contribution is 6.04. The van der Waals surface area contributed by atoms with E-state index in [4.69, 9.17) is 10.5 Å². The zero-order valence-electron chi connectivity index (χ0n) is 22.4. The molecule has 0 aliphatic carbocycles. The number of rotatable bonds is 10. The van der Waals surface area contributed by atoms with Gasteiger partial charge in [-0.05, 0) is 54.4 Å². The summed E-state index contributed by atoms with van der Waals surface area (Å²) in [5.41, 5.74) is 5.89. The Labute approximate surface area is 235 Å². The van der Waals surface area contributed by atoms with Crippen LogP contribution in [0.25, 0.3) is 0 Å². The second-order valence-corrected chi connectivity index (χ2v) is 9.43. The van der Waals surface area contributed by atoms with Gasteiger partial charge in [0, 0.05) is 24.3 Å². The maximum atomic E-state index is 13.8. The largest absolute Gasteiger partial charge is 0.497 e. The Hall–Kier alpha value is -4.86. The molecule has 3 aromatic carbocycles. The summed E-state index contributed by atoms with van der Waals surface area (Å²) in [6.07, 6.45) is -4.62. The Morgan fingerprint density at radius 1 is 0.927 bits per heavy atom. The monoisotopic (exact) mass is 563 g/mol. The average Bonchev–Trinajstić information content (AvgIpc) is 3.28. The number of primary amides is 1. The Bertz CT molecular complexity index is 1560. The van der Waals surface area contributed by atoms with Crippen molar-refractivity contribution in [1.82, 2.24) is 9.47 Å². The summed E-state index contributed by atoms with van der Waals surface area (Å²) in [6, 6.07) is 21.8. The van der Waals surface area contributed by atoms with E-state index in [1.807, 2.05) is 18.2 Å². The van der Waals surface area contributed by atoms with E-state index in [1.54, 1.807) is 36.4 Å². The molecule has 1 heterocycles. The number of ether oxygens (including phenoxy) is 1. The van der Waals surface area contributed by atoms with Gasteiger partial charge in [0.1, 0.15) is 5.75 Å². The van der Waals surface area contributed by atoms with E-state index in [0.717, 1.165) is 11.6 Å². The van der Waals surface area contributed by atoms with Gasteiger partial charge in [-0.25, -0.2) is 0 Å². The molecule has 0 unspecified atom stereocenters. The molecule has 0 fully saturated rings. The third-order valence-electron chi connectivity index (χ3n) is 6.74. The van der Waals surface area contributed by atoms with Crippen LogP contribution in [0.15, 0.2) is 84.9 Å². The van der Waals surface area contributed by atoms with Gasteiger partial charge in [0.15, 0.2) is 5.78 Å². The summed E-state index contributed by atoms with van der Waals surface area (Å²) in [5.74, 6) is -1.27. The van der Waals surface area contributed by atoms with Crippen LogP contribution in [0.3, 0.4) is 0 Å². The third-order valence-corrected chi connectivity index (χ3v) is 6.74. The van der Waals surface area contributed by atoms with Crippen molar-refractivity contribution in [3.8, 4) is 5.75 Å². The van der Waals surface area contributed by atoms with Crippen LogP contribution in [0.4, 0.5) is 13.2 Å². The number of halogens is 3. The maximum absolute atomic E-state index is 13.8. The van der Waals surface area contributed by atoms with Crippen molar-refractivity contribution in [3.05, 3.63) is 124 Å². The molecule has 4 rings (SSSR count). The minimum atomic E-state index is -4.62. The second kappa shape index (κ2) is 12.1. The molecule has 0 saturated carbocycles. The van der Waals surface area contributed by atoms with Gasteiger partial charge >= 0.3 is 6.18 Å². The average molecular weight is 564 g/mol. The van der Waals surface area contributed by atoms with E-state index in [-0.39, 0.29) is 35.6 Å². The van der Waals surface area contributed by atoms with Crippen molar-refractivity contribution >= 4 is 17.6 Å². The first-order valence-electron chi connectivity index (χ1n) is 12.6. The maximum Gasteiger partial charge on any atom is 0.416 e. The first-order valence-corrected chi connectivity index (χ1v) is 12.6. The van der Waals surface area contributed by atoms with E-state index in [1.165, 1.54) is 47.8 Å². The standard InChI is InChI=1S/C31H28F3N3O4/c1-20-25(29(35)39)16-27(37(20)18-23-10-6-7-11-26(23)31(32,33)34)28(38)19-36(17-21-8-4-3-5-9-21)30(40)22-12-14-24(41-2)15-13-22/h3-16H,17-19H2,1-2H3,(H2,35,39). The first kappa shape index (κ1) is 29.1. The molecule has 0 spiro atoms. The molecule has 2 amide bonds. The molecule has 41 heavy (non-hydrogen) atoms. The molecule has 0 radical (unpaired) electrons. The highest BCUT2D eigenvalue weighted by Crippen LogP contribution is 2.33. The Kier molecular flexibility index (Phi) is 8.61. The summed E-state index contributed by atoms with van der Waals surface area (Å²) < 4.78 is 47.7. The number of nitrogens with two attached hydrogens (primary N) is 1. The number of nitrogens with zero attached hydrogens (tertiary/aromatic N) is 2. The number of amides is 2. The lowest BCUT2D eigenvalue weighted by molar-refractivity contribution is -0.138. The van der Waals surface area contributed by atoms with Gasteiger partial charge in [0.05, 0.1) is 30.5 Å². The van der Waals surface area contributed by atoms with Gasteiger partial charge in [-0.2, -0.15) is 13.2 Å². The lowest BCUT2D eigenvalue weighted by Crippen LogP contribution is -2.36. The molecule has 2 N–H and O–H groups in total. The van der Waals surface area contributed by atoms with E-state index < -0.39 is 35.9 Å². The Morgan fingerprint density at radius 3 is 2.17 bits per heavy atom. The summed E-state index contributed by atoms with van der Waals surface area (Å²) in [4.78, 5) is 40.8. The van der Waals surface area contributed by atoms with Crippen LogP contribution in [0.2, 0.25) is 0 Å². The predicted molar refractivity (Wildman–Crippen MR) is 147 cm³/mol. The Balaban J connectivity index is 1.72. The normalized spacial score (nSPS) is 11.2. The van der Waals surface area contributed by atoms with Gasteiger partial charge in [-0.1, -0.05) is 48.5 Å². The number of alkyl halides is 3. The first-order chi connectivity index (χ1) is 19.5. The van der Waals surface area contributed by atoms with E-state index in [9.17, 15) is 27.6 Å². The number of benzene rings is 3.